The number of hydrogen-bond donors (Lipinski definition) is 2. The van der Waals surface area contributed by atoms with Crippen LogP contribution in [0.15, 0.2) is 16.8 Å². The molecule has 0 aromatic carbocycles. The van der Waals surface area contributed by atoms with Crippen molar-refractivity contribution in [3.8, 4) is 0 Å². The van der Waals surface area contributed by atoms with E-state index in [1.807, 2.05) is 0 Å². The van der Waals surface area contributed by atoms with Crippen molar-refractivity contribution in [2.24, 2.45) is 5.16 Å². The summed E-state index contributed by atoms with van der Waals surface area (Å²) in [6, 6.07) is -0.912. The standard InChI is InChI=1S/C9H17N3O5S/c1-4-8(7(2)12(14)15)5-9(11-13)6-10-18(3,16)17/h5,7,10,13H,4,6H2,1-3H3. The normalized spacial score (nSPS) is 15.5. The fourth-order valence-corrected chi connectivity index (χ4v) is 1.60. The van der Waals surface area contributed by atoms with E-state index in [1.165, 1.54) is 13.0 Å². The first-order chi connectivity index (χ1) is 8.21. The maximum atomic E-state index is 10.9. The van der Waals surface area contributed by atoms with Crippen LogP contribution in [0.5, 0.6) is 0 Å². The number of nitrogens with one attached hydrogen (secondary N) is 1. The molecule has 104 valence electrons. The van der Waals surface area contributed by atoms with E-state index in [-0.39, 0.29) is 12.3 Å². The molecule has 8 nitrogen and oxygen atoms in total. The van der Waals surface area contributed by atoms with Gasteiger partial charge in [0.1, 0.15) is 0 Å². The lowest BCUT2D eigenvalue weighted by Gasteiger charge is -2.08. The lowest BCUT2D eigenvalue weighted by molar-refractivity contribution is -0.507. The summed E-state index contributed by atoms with van der Waals surface area (Å²) < 4.78 is 23.9. The third-order valence-corrected chi connectivity index (χ3v) is 2.93. The van der Waals surface area contributed by atoms with Crippen LogP contribution in [0.3, 0.4) is 0 Å². The monoisotopic (exact) mass is 279 g/mol. The summed E-state index contributed by atoms with van der Waals surface area (Å²) in [5.74, 6) is 0. The molecule has 0 saturated carbocycles. The molecule has 1 unspecified atom stereocenters. The van der Waals surface area contributed by atoms with Crippen molar-refractivity contribution >= 4 is 15.7 Å². The van der Waals surface area contributed by atoms with Gasteiger partial charge in [-0.25, -0.2) is 13.1 Å². The molecule has 0 heterocycles. The van der Waals surface area contributed by atoms with Crippen molar-refractivity contribution in [1.82, 2.24) is 4.72 Å². The van der Waals surface area contributed by atoms with Crippen LogP contribution in [0.4, 0.5) is 0 Å². The van der Waals surface area contributed by atoms with E-state index in [9.17, 15) is 18.5 Å². The number of oxime groups is 1. The van der Waals surface area contributed by atoms with Crippen LogP contribution in [-0.2, 0) is 10.0 Å². The summed E-state index contributed by atoms with van der Waals surface area (Å²) in [6.45, 7) is 2.92. The Kier molecular flexibility index (Phi) is 6.48. The minimum atomic E-state index is -3.41. The van der Waals surface area contributed by atoms with Gasteiger partial charge in [-0.05, 0) is 12.5 Å². The molecule has 0 aliphatic carbocycles. The Morgan fingerprint density at radius 3 is 2.50 bits per heavy atom. The van der Waals surface area contributed by atoms with E-state index in [0.29, 0.717) is 12.0 Å². The van der Waals surface area contributed by atoms with Crippen LogP contribution in [0.25, 0.3) is 0 Å². The predicted molar refractivity (Wildman–Crippen MR) is 66.9 cm³/mol. The number of sulfonamides is 1. The summed E-state index contributed by atoms with van der Waals surface area (Å²) in [4.78, 5) is 10.2. The first-order valence-corrected chi connectivity index (χ1v) is 7.10. The van der Waals surface area contributed by atoms with Crippen LogP contribution in [-0.4, -0.2) is 43.1 Å². The summed E-state index contributed by atoms with van der Waals surface area (Å²) in [5.41, 5.74) is 0.467. The van der Waals surface area contributed by atoms with Crippen molar-refractivity contribution < 1.29 is 18.5 Å². The Morgan fingerprint density at radius 2 is 2.17 bits per heavy atom. The van der Waals surface area contributed by atoms with E-state index >= 15 is 0 Å². The number of nitro groups is 1. The van der Waals surface area contributed by atoms with Gasteiger partial charge in [0.25, 0.3) is 0 Å². The van der Waals surface area contributed by atoms with Gasteiger partial charge >= 0.3 is 0 Å². The van der Waals surface area contributed by atoms with Gasteiger partial charge in [-0.1, -0.05) is 12.1 Å². The fraction of sp³-hybridized carbons (Fsp3) is 0.667. The number of rotatable bonds is 7. The van der Waals surface area contributed by atoms with E-state index < -0.39 is 21.0 Å². The largest absolute Gasteiger partial charge is 0.411 e. The Hall–Kier alpha value is -1.48. The molecular formula is C9H17N3O5S. The van der Waals surface area contributed by atoms with Gasteiger partial charge in [-0.3, -0.25) is 10.1 Å². The van der Waals surface area contributed by atoms with Crippen LogP contribution in [0, 0.1) is 10.1 Å². The van der Waals surface area contributed by atoms with Gasteiger partial charge < -0.3 is 5.21 Å². The summed E-state index contributed by atoms with van der Waals surface area (Å²) >= 11 is 0. The molecule has 18 heavy (non-hydrogen) atoms. The predicted octanol–water partition coefficient (Wildman–Crippen LogP) is 0.367. The van der Waals surface area contributed by atoms with Gasteiger partial charge in [0.05, 0.1) is 18.5 Å². The third kappa shape index (κ3) is 6.30. The summed E-state index contributed by atoms with van der Waals surface area (Å²) in [6.07, 6.45) is 2.69. The van der Waals surface area contributed by atoms with Crippen molar-refractivity contribution in [2.75, 3.05) is 12.8 Å². The molecule has 9 heteroatoms. The molecule has 0 bridgehead atoms. The molecule has 2 N–H and O–H groups in total. The van der Waals surface area contributed by atoms with Crippen molar-refractivity contribution in [3.05, 3.63) is 21.8 Å². The number of hydrogen-bond acceptors (Lipinski definition) is 6. The minimum absolute atomic E-state index is 0.0194. The lowest BCUT2D eigenvalue weighted by Crippen LogP contribution is -2.28. The Balaban J connectivity index is 4.92. The van der Waals surface area contributed by atoms with Gasteiger partial charge in [-0.15, -0.1) is 0 Å². The van der Waals surface area contributed by atoms with Gasteiger partial charge in [0.2, 0.25) is 16.1 Å². The fourth-order valence-electron chi connectivity index (χ4n) is 1.19. The van der Waals surface area contributed by atoms with Crippen molar-refractivity contribution in [3.63, 3.8) is 0 Å². The highest BCUT2D eigenvalue weighted by atomic mass is 32.2. The highest BCUT2D eigenvalue weighted by Crippen LogP contribution is 2.10. The zero-order valence-electron chi connectivity index (χ0n) is 10.5. The zero-order chi connectivity index (χ0) is 14.3. The minimum Gasteiger partial charge on any atom is -0.411 e. The smallest absolute Gasteiger partial charge is 0.231 e. The SMILES string of the molecule is CCC(=CC(CNS(C)(=O)=O)=NO)C(C)[N+](=O)[O-]. The Labute approximate surface area is 106 Å². The molecule has 0 aliphatic rings. The first-order valence-electron chi connectivity index (χ1n) is 5.20. The Morgan fingerprint density at radius 1 is 1.61 bits per heavy atom. The van der Waals surface area contributed by atoms with E-state index in [4.69, 9.17) is 5.21 Å². The highest BCUT2D eigenvalue weighted by Gasteiger charge is 2.18. The molecule has 0 radical (unpaired) electrons. The van der Waals surface area contributed by atoms with E-state index in [0.717, 1.165) is 6.26 Å². The van der Waals surface area contributed by atoms with Gasteiger partial charge in [-0.2, -0.15) is 0 Å². The molecule has 1 atom stereocenters. The highest BCUT2D eigenvalue weighted by molar-refractivity contribution is 7.88. The maximum absolute atomic E-state index is 10.9. The summed E-state index contributed by atoms with van der Waals surface area (Å²) in [5, 5.41) is 22.3. The average Bonchev–Trinajstić information content (AvgIpc) is 2.27. The molecule has 0 spiro atoms. The molecule has 0 fully saturated rings. The quantitative estimate of drug-likeness (QED) is 0.302. The van der Waals surface area contributed by atoms with Gasteiger partial charge in [0.15, 0.2) is 0 Å². The number of nitrogens with zero attached hydrogens (tertiary/aromatic N) is 2. The van der Waals surface area contributed by atoms with Gasteiger partial charge in [0, 0.05) is 17.4 Å². The topological polar surface area (TPSA) is 122 Å². The summed E-state index contributed by atoms with van der Waals surface area (Å²) in [7, 11) is -3.41. The second kappa shape index (κ2) is 7.07. The molecule has 0 saturated heterocycles. The van der Waals surface area contributed by atoms with Crippen LogP contribution >= 0.6 is 0 Å². The second-order valence-corrected chi connectivity index (χ2v) is 5.55. The molecule has 0 aromatic heterocycles. The lowest BCUT2D eigenvalue weighted by atomic mass is 10.0. The molecular weight excluding hydrogens is 262 g/mol. The van der Waals surface area contributed by atoms with Crippen LogP contribution < -0.4 is 4.72 Å². The van der Waals surface area contributed by atoms with Crippen molar-refractivity contribution in [2.45, 2.75) is 26.3 Å². The molecule has 0 aromatic rings. The van der Waals surface area contributed by atoms with E-state index in [1.54, 1.807) is 6.92 Å². The molecule has 0 rings (SSSR count). The van der Waals surface area contributed by atoms with Crippen LogP contribution in [0.2, 0.25) is 0 Å². The van der Waals surface area contributed by atoms with Crippen LogP contribution in [0.1, 0.15) is 20.3 Å². The van der Waals surface area contributed by atoms with E-state index in [2.05, 4.69) is 9.88 Å². The third-order valence-electron chi connectivity index (χ3n) is 2.26. The maximum Gasteiger partial charge on any atom is 0.231 e. The second-order valence-electron chi connectivity index (χ2n) is 3.72. The Bertz CT molecular complexity index is 455. The molecule has 0 aliphatic heterocycles. The first kappa shape index (κ1) is 16.5. The van der Waals surface area contributed by atoms with Crippen molar-refractivity contribution in [1.29, 1.82) is 0 Å². The zero-order valence-corrected chi connectivity index (χ0v) is 11.3. The molecule has 0 amide bonds. The average molecular weight is 279 g/mol.